The third-order valence-electron chi connectivity index (χ3n) is 4.76. The average molecular weight is 538 g/mol. The summed E-state index contributed by atoms with van der Waals surface area (Å²) in [4.78, 5) is 24.2. The maximum absolute atomic E-state index is 11.5. The van der Waals surface area contributed by atoms with Crippen molar-refractivity contribution in [2.75, 3.05) is 13.1 Å². The van der Waals surface area contributed by atoms with Gasteiger partial charge in [0, 0.05) is 11.3 Å². The molecule has 1 rings (SSSR count). The molecule has 0 aliphatic heterocycles. The molecule has 0 unspecified atom stereocenters. The third-order valence-corrected chi connectivity index (χ3v) is 4.76. The molecule has 0 spiro atoms. The van der Waals surface area contributed by atoms with Crippen LogP contribution in [0.15, 0.2) is 45.1 Å². The first-order chi connectivity index (χ1) is 15.8. The number of hydrogen-bond donors (Lipinski definition) is 2. The zero-order chi connectivity index (χ0) is 26.5. The van der Waals surface area contributed by atoms with Gasteiger partial charge in [-0.15, -0.1) is 19.3 Å². The number of ketones is 1. The summed E-state index contributed by atoms with van der Waals surface area (Å²) in [6.45, 7) is 25.9. The topological polar surface area (TPSA) is 130 Å². The van der Waals surface area contributed by atoms with Gasteiger partial charge in [0.15, 0.2) is 0 Å². The largest absolute Gasteiger partial charge is 1.00 e. The van der Waals surface area contributed by atoms with Gasteiger partial charge in [0.2, 0.25) is 0 Å². The van der Waals surface area contributed by atoms with Crippen LogP contribution in [-0.2, 0) is 10.2 Å². The maximum atomic E-state index is 11.5. The first-order valence-corrected chi connectivity index (χ1v) is 10.4. The molecule has 0 amide bonds. The fourth-order valence-electron chi connectivity index (χ4n) is 2.61. The molecule has 0 atom stereocenters. The predicted octanol–water partition coefficient (Wildman–Crippen LogP) is -2.22. The number of amidine groups is 3. The predicted molar refractivity (Wildman–Crippen MR) is 141 cm³/mol. The van der Waals surface area contributed by atoms with E-state index in [-0.39, 0.29) is 144 Å². The minimum absolute atomic E-state index is 0. The second-order valence-electron chi connectivity index (χ2n) is 7.86. The number of hydrogen-bond acceptors (Lipinski definition) is 4. The number of rotatable bonds is 9. The summed E-state index contributed by atoms with van der Waals surface area (Å²) >= 11 is 0. The number of aryl methyl sites for hydroxylation is 2. The van der Waals surface area contributed by atoms with E-state index in [1.165, 1.54) is 18.1 Å². The number of nitrogens with zero attached hydrogens (tertiary/aromatic N) is 5. The molecule has 184 valence electrons. The van der Waals surface area contributed by atoms with E-state index in [1.807, 2.05) is 13.8 Å². The van der Waals surface area contributed by atoms with Crippen molar-refractivity contribution >= 4 is 35.7 Å². The van der Waals surface area contributed by atoms with Gasteiger partial charge in [-0.25, -0.2) is 11.9 Å². The van der Waals surface area contributed by atoms with Crippen LogP contribution in [0.5, 0.6) is 0 Å². The number of aliphatic imine (C=N–C) groups is 3. The Morgan fingerprint density at radius 2 is 1.86 bits per heavy atom. The number of carbonyl (C=O) groups excluding carboxylic acids is 1. The first-order valence-electron chi connectivity index (χ1n) is 10.4. The Balaban J connectivity index is -0.000000602. The third kappa shape index (κ3) is 15.1. The van der Waals surface area contributed by atoms with Crippen molar-refractivity contribution in [3.63, 3.8) is 0 Å². The fourth-order valence-corrected chi connectivity index (χ4v) is 2.61. The summed E-state index contributed by atoms with van der Waals surface area (Å²) in [7, 11) is 0. The van der Waals surface area contributed by atoms with Crippen LogP contribution in [-0.4, -0.2) is 53.7 Å². The first kappa shape index (κ1) is 40.1. The molecule has 1 aromatic rings. The van der Waals surface area contributed by atoms with Crippen molar-refractivity contribution in [2.24, 2.45) is 20.7 Å². The fraction of sp³-hybridized carbons (Fsp3) is 0.346. The van der Waals surface area contributed by atoms with E-state index in [0.717, 1.165) is 11.8 Å². The second kappa shape index (κ2) is 20.5. The molecule has 0 aliphatic rings. The van der Waals surface area contributed by atoms with E-state index >= 15 is 0 Å². The van der Waals surface area contributed by atoms with Gasteiger partial charge < -0.3 is 51.5 Å². The van der Waals surface area contributed by atoms with E-state index in [2.05, 4.69) is 66.4 Å². The molecule has 3 N–H and O–H groups in total. The Kier molecular flexibility index (Phi) is 22.9. The van der Waals surface area contributed by atoms with Crippen LogP contribution in [0.2, 0.25) is 0 Å². The van der Waals surface area contributed by atoms with Crippen LogP contribution in [0.1, 0.15) is 44.4 Å². The van der Waals surface area contributed by atoms with Crippen molar-refractivity contribution in [3.8, 4) is 0 Å². The molecule has 0 aliphatic carbocycles. The molecule has 0 heterocycles. The summed E-state index contributed by atoms with van der Waals surface area (Å²) in [5.74, 6) is -0.0727. The minimum atomic E-state index is -0.363. The van der Waals surface area contributed by atoms with Crippen LogP contribution >= 0.6 is 0 Å². The molecule has 0 saturated carbocycles. The number of Topliss-reactive ketones (excluding diaryl/α,β-unsaturated/α-hetero) is 1. The van der Waals surface area contributed by atoms with Crippen LogP contribution in [0.4, 0.5) is 0 Å². The molecule has 0 saturated heterocycles. The molecule has 10 heteroatoms. The minimum Gasteiger partial charge on any atom is -0.638 e. The van der Waals surface area contributed by atoms with E-state index < -0.39 is 0 Å². The Hall–Kier alpha value is -0.407. The smallest absolute Gasteiger partial charge is 0.638 e. The van der Waals surface area contributed by atoms with Crippen LogP contribution < -0.4 is 109 Å². The molecule has 0 radical (unpaired) electrons. The van der Waals surface area contributed by atoms with Gasteiger partial charge >= 0.3 is 103 Å². The average Bonchev–Trinajstić information content (AvgIpc) is 2.74. The van der Waals surface area contributed by atoms with Crippen molar-refractivity contribution in [1.82, 2.24) is 4.90 Å². The van der Waals surface area contributed by atoms with Crippen molar-refractivity contribution in [2.45, 2.75) is 47.0 Å². The van der Waals surface area contributed by atoms with Crippen molar-refractivity contribution in [3.05, 3.63) is 72.3 Å². The van der Waals surface area contributed by atoms with E-state index in [0.29, 0.717) is 6.54 Å². The van der Waals surface area contributed by atoms with Gasteiger partial charge in [0.05, 0.1) is 0 Å². The van der Waals surface area contributed by atoms with Gasteiger partial charge in [-0.2, -0.15) is 12.4 Å². The van der Waals surface area contributed by atoms with E-state index in [9.17, 15) is 4.79 Å². The van der Waals surface area contributed by atoms with Gasteiger partial charge in [0.1, 0.15) is 5.78 Å². The Labute approximate surface area is 302 Å². The molecule has 36 heavy (non-hydrogen) atoms. The Bertz CT molecular complexity index is 1010. The van der Waals surface area contributed by atoms with Crippen LogP contribution in [0.3, 0.4) is 0 Å². The number of carbonyl (C=O) groups is 1. The van der Waals surface area contributed by atoms with Gasteiger partial charge in [-0.05, 0) is 52.3 Å². The molecule has 1 aromatic carbocycles. The Morgan fingerprint density at radius 3 is 2.28 bits per heavy atom. The Morgan fingerprint density at radius 1 is 1.28 bits per heavy atom. The second-order valence-corrected chi connectivity index (χ2v) is 7.86. The molecule has 8 nitrogen and oxygen atoms in total. The van der Waals surface area contributed by atoms with Gasteiger partial charge in [-0.3, -0.25) is 15.6 Å². The van der Waals surface area contributed by atoms with E-state index in [4.69, 9.17) is 29.7 Å². The zero-order valence-corrected chi connectivity index (χ0v) is 29.1. The summed E-state index contributed by atoms with van der Waals surface area (Å²) < 4.78 is 0. The normalized spacial score (nSPS) is 11.0. The van der Waals surface area contributed by atoms with Gasteiger partial charge in [-0.1, -0.05) is 23.8 Å². The summed E-state index contributed by atoms with van der Waals surface area (Å²) in [6, 6.07) is 6.25. The van der Waals surface area contributed by atoms with E-state index in [1.54, 1.807) is 11.8 Å². The quantitative estimate of drug-likeness (QED) is 0.160. The van der Waals surface area contributed by atoms with Crippen LogP contribution in [0.25, 0.3) is 5.41 Å². The monoisotopic (exact) mass is 537 g/mol. The molecular weight excluding hydrogens is 505 g/mol. The summed E-state index contributed by atoms with van der Waals surface area (Å²) in [5, 5.41) is 16.0. The van der Waals surface area contributed by atoms with Crippen LogP contribution in [0, 0.1) is 39.3 Å². The summed E-state index contributed by atoms with van der Waals surface area (Å²) in [5.41, 5.74) is 8.20. The molecule has 0 aromatic heterocycles. The SMILES string of the molecule is CC(=O)C(C)(C)c1ccc(C)cc1C.[CH-]=CN=C([C-]=NC(C)=[N-])N(C[CH2-])C[C-]=NC(=[CH-])C(=N)N.[K+].[K+]. The molecule has 0 fully saturated rings. The van der Waals surface area contributed by atoms with Crippen molar-refractivity contribution < 1.29 is 108 Å². The molecular formula is C26H33K2N7O-4. The number of nitrogens with two attached hydrogens (primary N) is 1. The number of benzene rings is 1. The number of nitrogens with one attached hydrogen (secondary N) is 1. The van der Waals surface area contributed by atoms with Crippen molar-refractivity contribution in [1.29, 1.82) is 5.41 Å². The zero-order valence-electron chi connectivity index (χ0n) is 22.8. The molecule has 0 bridgehead atoms. The summed E-state index contributed by atoms with van der Waals surface area (Å²) in [6.07, 6.45) is 6.15. The maximum Gasteiger partial charge on any atom is 1.00 e. The van der Waals surface area contributed by atoms with Gasteiger partial charge in [0.25, 0.3) is 0 Å². The standard InChI is InChI=1S/C13H15N7.C13H18O.2K/c1-5-17-12(9-19-11(4)14)20(6-2)8-7-18-10(3)13(15)16;1-9-6-7-12(10(2)8-9)13(4,5)11(3)14;;/h1,3,5H,2,6,8H2,4H3,(H3,15,16);6-8H,1-5H3;;/q-6;;2*+1.